The van der Waals surface area contributed by atoms with Gasteiger partial charge in [0, 0.05) is 25.0 Å². The Hall–Kier alpha value is -0.960. The second-order valence-electron chi connectivity index (χ2n) is 4.52. The van der Waals surface area contributed by atoms with Gasteiger partial charge in [-0.25, -0.2) is 0 Å². The molecule has 2 nitrogen and oxygen atoms in total. The smallest absolute Gasteiger partial charge is 0.0642 e. The first-order valence-electron chi connectivity index (χ1n) is 6.50. The molecule has 0 amide bonds. The number of nitrogens with zero attached hydrogens (tertiary/aromatic N) is 1. The van der Waals surface area contributed by atoms with Crippen LogP contribution in [-0.2, 0) is 13.1 Å². The molecule has 0 saturated heterocycles. The first-order valence-corrected chi connectivity index (χ1v) is 7.25. The number of hydrogen-bond donors (Lipinski definition) is 1. The van der Waals surface area contributed by atoms with Crippen LogP contribution >= 0.6 is 23.2 Å². The summed E-state index contributed by atoms with van der Waals surface area (Å²) >= 11 is 12.3. The molecular formula is C15H18Cl2N2. The van der Waals surface area contributed by atoms with E-state index in [1.807, 2.05) is 18.2 Å². The number of aromatic nitrogens is 1. The lowest BCUT2D eigenvalue weighted by Gasteiger charge is -2.12. The first kappa shape index (κ1) is 14.4. The molecular weight excluding hydrogens is 279 g/mol. The van der Waals surface area contributed by atoms with E-state index in [2.05, 4.69) is 35.1 Å². The van der Waals surface area contributed by atoms with E-state index < -0.39 is 0 Å². The van der Waals surface area contributed by atoms with Gasteiger partial charge in [0.05, 0.1) is 10.0 Å². The molecule has 0 spiro atoms. The Morgan fingerprint density at radius 1 is 1.16 bits per heavy atom. The SMILES string of the molecule is CCCNCc1cccn1Cc1cccc(Cl)c1Cl. The normalized spacial score (nSPS) is 10.9. The van der Waals surface area contributed by atoms with Crippen molar-refractivity contribution in [2.24, 2.45) is 0 Å². The Kier molecular flexibility index (Phi) is 5.32. The fourth-order valence-electron chi connectivity index (χ4n) is 2.01. The third-order valence-electron chi connectivity index (χ3n) is 3.03. The van der Waals surface area contributed by atoms with Crippen molar-refractivity contribution in [2.45, 2.75) is 26.4 Å². The van der Waals surface area contributed by atoms with E-state index in [9.17, 15) is 0 Å². The van der Waals surface area contributed by atoms with E-state index in [1.165, 1.54) is 5.69 Å². The minimum Gasteiger partial charge on any atom is -0.346 e. The van der Waals surface area contributed by atoms with Gasteiger partial charge in [-0.1, -0.05) is 42.3 Å². The van der Waals surface area contributed by atoms with Crippen molar-refractivity contribution in [3.63, 3.8) is 0 Å². The summed E-state index contributed by atoms with van der Waals surface area (Å²) in [5.41, 5.74) is 2.30. The molecule has 19 heavy (non-hydrogen) atoms. The van der Waals surface area contributed by atoms with Gasteiger partial charge in [-0.3, -0.25) is 0 Å². The van der Waals surface area contributed by atoms with E-state index >= 15 is 0 Å². The van der Waals surface area contributed by atoms with Crippen molar-refractivity contribution in [1.29, 1.82) is 0 Å². The van der Waals surface area contributed by atoms with Crippen LogP contribution in [0.5, 0.6) is 0 Å². The Morgan fingerprint density at radius 2 is 2.00 bits per heavy atom. The molecule has 0 unspecified atom stereocenters. The zero-order valence-electron chi connectivity index (χ0n) is 11.0. The molecule has 2 rings (SSSR count). The largest absolute Gasteiger partial charge is 0.346 e. The summed E-state index contributed by atoms with van der Waals surface area (Å²) in [5, 5.41) is 4.66. The Balaban J connectivity index is 2.11. The highest BCUT2D eigenvalue weighted by Crippen LogP contribution is 2.26. The van der Waals surface area contributed by atoms with Crippen molar-refractivity contribution in [1.82, 2.24) is 9.88 Å². The van der Waals surface area contributed by atoms with Gasteiger partial charge in [-0.2, -0.15) is 0 Å². The molecule has 1 aromatic heterocycles. The molecule has 0 aliphatic carbocycles. The van der Waals surface area contributed by atoms with Gasteiger partial charge in [0.25, 0.3) is 0 Å². The van der Waals surface area contributed by atoms with Gasteiger partial charge in [-0.15, -0.1) is 0 Å². The lowest BCUT2D eigenvalue weighted by atomic mass is 10.2. The van der Waals surface area contributed by atoms with Crippen LogP contribution in [0.4, 0.5) is 0 Å². The average molecular weight is 297 g/mol. The molecule has 0 atom stereocenters. The second kappa shape index (κ2) is 6.99. The molecule has 0 bridgehead atoms. The first-order chi connectivity index (χ1) is 9.22. The van der Waals surface area contributed by atoms with Gasteiger partial charge >= 0.3 is 0 Å². The van der Waals surface area contributed by atoms with Crippen LogP contribution in [0, 0.1) is 0 Å². The zero-order valence-corrected chi connectivity index (χ0v) is 12.5. The van der Waals surface area contributed by atoms with Gasteiger partial charge in [0.2, 0.25) is 0 Å². The molecule has 0 aliphatic heterocycles. The Labute approximate surface area is 124 Å². The number of halogens is 2. The predicted octanol–water partition coefficient (Wildman–Crippen LogP) is 4.34. The topological polar surface area (TPSA) is 17.0 Å². The van der Waals surface area contributed by atoms with Crippen LogP contribution in [-0.4, -0.2) is 11.1 Å². The van der Waals surface area contributed by atoms with Crippen molar-refractivity contribution in [2.75, 3.05) is 6.54 Å². The van der Waals surface area contributed by atoms with Crippen LogP contribution in [0.3, 0.4) is 0 Å². The van der Waals surface area contributed by atoms with Crippen LogP contribution in [0.25, 0.3) is 0 Å². The lowest BCUT2D eigenvalue weighted by Crippen LogP contribution is -2.17. The van der Waals surface area contributed by atoms with Crippen molar-refractivity contribution in [3.05, 3.63) is 57.8 Å². The highest BCUT2D eigenvalue weighted by molar-refractivity contribution is 6.42. The molecule has 0 saturated carbocycles. The van der Waals surface area contributed by atoms with Crippen LogP contribution in [0.1, 0.15) is 24.6 Å². The fourth-order valence-corrected chi connectivity index (χ4v) is 2.39. The molecule has 1 N–H and O–H groups in total. The summed E-state index contributed by atoms with van der Waals surface area (Å²) in [7, 11) is 0. The summed E-state index contributed by atoms with van der Waals surface area (Å²) in [6, 6.07) is 9.94. The van der Waals surface area contributed by atoms with Gasteiger partial charge in [-0.05, 0) is 36.7 Å². The average Bonchev–Trinajstić information content (AvgIpc) is 2.83. The third kappa shape index (κ3) is 3.75. The summed E-state index contributed by atoms with van der Waals surface area (Å²) in [5.74, 6) is 0. The molecule has 0 fully saturated rings. The highest BCUT2D eigenvalue weighted by Gasteiger charge is 2.07. The number of nitrogens with one attached hydrogen (secondary N) is 1. The molecule has 0 aliphatic rings. The van der Waals surface area contributed by atoms with Crippen molar-refractivity contribution < 1.29 is 0 Å². The third-order valence-corrected chi connectivity index (χ3v) is 3.89. The maximum Gasteiger partial charge on any atom is 0.0642 e. The fraction of sp³-hybridized carbons (Fsp3) is 0.333. The van der Waals surface area contributed by atoms with Gasteiger partial charge in [0.1, 0.15) is 0 Å². The van der Waals surface area contributed by atoms with E-state index in [1.54, 1.807) is 0 Å². The quantitative estimate of drug-likeness (QED) is 0.785. The molecule has 4 heteroatoms. The molecule has 1 aromatic carbocycles. The van der Waals surface area contributed by atoms with E-state index in [-0.39, 0.29) is 0 Å². The maximum atomic E-state index is 6.23. The number of hydrogen-bond acceptors (Lipinski definition) is 1. The number of benzene rings is 1. The van der Waals surface area contributed by atoms with Crippen molar-refractivity contribution >= 4 is 23.2 Å². The van der Waals surface area contributed by atoms with Gasteiger partial charge < -0.3 is 9.88 Å². The maximum absolute atomic E-state index is 6.23. The van der Waals surface area contributed by atoms with Gasteiger partial charge in [0.15, 0.2) is 0 Å². The summed E-state index contributed by atoms with van der Waals surface area (Å²) in [6.07, 6.45) is 3.21. The monoisotopic (exact) mass is 296 g/mol. The molecule has 2 aromatic rings. The number of rotatable bonds is 6. The predicted molar refractivity (Wildman–Crippen MR) is 82.0 cm³/mol. The molecule has 0 radical (unpaired) electrons. The zero-order chi connectivity index (χ0) is 13.7. The summed E-state index contributed by atoms with van der Waals surface area (Å²) in [6.45, 7) is 4.81. The van der Waals surface area contributed by atoms with Crippen LogP contribution in [0.15, 0.2) is 36.5 Å². The summed E-state index contributed by atoms with van der Waals surface area (Å²) < 4.78 is 2.19. The minimum absolute atomic E-state index is 0.608. The van der Waals surface area contributed by atoms with Crippen LogP contribution < -0.4 is 5.32 Å². The molecule has 102 valence electrons. The molecule has 1 heterocycles. The van der Waals surface area contributed by atoms with Crippen molar-refractivity contribution in [3.8, 4) is 0 Å². The second-order valence-corrected chi connectivity index (χ2v) is 5.30. The Bertz CT molecular complexity index is 535. The highest BCUT2D eigenvalue weighted by atomic mass is 35.5. The van der Waals surface area contributed by atoms with Crippen LogP contribution in [0.2, 0.25) is 10.0 Å². The van der Waals surface area contributed by atoms with E-state index in [4.69, 9.17) is 23.2 Å². The Morgan fingerprint density at radius 3 is 2.79 bits per heavy atom. The summed E-state index contributed by atoms with van der Waals surface area (Å²) in [4.78, 5) is 0. The van der Waals surface area contributed by atoms with E-state index in [0.717, 1.165) is 31.6 Å². The standard InChI is InChI=1S/C15H18Cl2N2/c1-2-8-18-10-13-6-4-9-19(13)11-12-5-3-7-14(16)15(12)17/h3-7,9,18H,2,8,10-11H2,1H3. The van der Waals surface area contributed by atoms with E-state index in [0.29, 0.717) is 10.0 Å². The lowest BCUT2D eigenvalue weighted by molar-refractivity contribution is 0.630. The minimum atomic E-state index is 0.608.